The third-order valence-electron chi connectivity index (χ3n) is 3.10. The summed E-state index contributed by atoms with van der Waals surface area (Å²) in [5.74, 6) is 0.398. The third kappa shape index (κ3) is 2.51. The number of fused-ring (bicyclic) bond motifs is 1. The molecule has 2 aromatic rings. The second-order valence-corrected chi connectivity index (χ2v) is 5.30. The van der Waals surface area contributed by atoms with Crippen molar-refractivity contribution in [2.75, 3.05) is 0 Å². The van der Waals surface area contributed by atoms with Gasteiger partial charge in [0.25, 0.3) is 5.91 Å². The number of aromatic amines is 1. The van der Waals surface area contributed by atoms with Gasteiger partial charge in [-0.25, -0.2) is 9.97 Å². The fourth-order valence-electron chi connectivity index (χ4n) is 2.18. The Bertz CT molecular complexity index is 607. The molecule has 0 fully saturated rings. The van der Waals surface area contributed by atoms with Gasteiger partial charge in [0, 0.05) is 23.7 Å². The van der Waals surface area contributed by atoms with Gasteiger partial charge in [-0.2, -0.15) is 5.10 Å². The minimum atomic E-state index is -0.175. The van der Waals surface area contributed by atoms with E-state index in [4.69, 9.17) is 0 Å². The number of aryl methyl sites for hydroxylation is 1. The smallest absolute Gasteiger partial charge is 0.272 e. The quantitative estimate of drug-likeness (QED) is 0.894. The van der Waals surface area contributed by atoms with E-state index >= 15 is 0 Å². The summed E-state index contributed by atoms with van der Waals surface area (Å²) in [5.41, 5.74) is 2.64. The van der Waals surface area contributed by atoms with Crippen LogP contribution < -0.4 is 5.32 Å². The first-order valence-electron chi connectivity index (χ1n) is 6.05. The van der Waals surface area contributed by atoms with Crippen LogP contribution in [0.5, 0.6) is 0 Å². The number of carbonyl (C=O) groups excluding carboxylic acids is 1. The summed E-state index contributed by atoms with van der Waals surface area (Å²) in [5, 5.41) is 9.79. The Balaban J connectivity index is 1.66. The van der Waals surface area contributed by atoms with Crippen LogP contribution in [-0.2, 0) is 19.4 Å². The summed E-state index contributed by atoms with van der Waals surface area (Å²) in [6.45, 7) is 0.299. The van der Waals surface area contributed by atoms with E-state index in [0.717, 1.165) is 35.0 Å². The minimum Gasteiger partial charge on any atom is -0.343 e. The van der Waals surface area contributed by atoms with E-state index < -0.39 is 0 Å². The summed E-state index contributed by atoms with van der Waals surface area (Å²) >= 11 is 3.26. The van der Waals surface area contributed by atoms with Crippen molar-refractivity contribution in [3.8, 4) is 0 Å². The first kappa shape index (κ1) is 12.3. The van der Waals surface area contributed by atoms with Crippen LogP contribution in [0, 0.1) is 0 Å². The summed E-state index contributed by atoms with van der Waals surface area (Å²) in [6, 6.07) is 0. The van der Waals surface area contributed by atoms with E-state index in [1.807, 2.05) is 0 Å². The highest BCUT2D eigenvalue weighted by Gasteiger charge is 2.22. The predicted molar refractivity (Wildman–Crippen MR) is 71.5 cm³/mol. The van der Waals surface area contributed by atoms with Crippen molar-refractivity contribution in [3.63, 3.8) is 0 Å². The van der Waals surface area contributed by atoms with Crippen LogP contribution in [0.1, 0.15) is 34.0 Å². The maximum atomic E-state index is 12.0. The van der Waals surface area contributed by atoms with Gasteiger partial charge in [0.15, 0.2) is 5.69 Å². The molecule has 0 aliphatic heterocycles. The van der Waals surface area contributed by atoms with Gasteiger partial charge in [0.1, 0.15) is 5.82 Å². The second kappa shape index (κ2) is 5.08. The Hall–Kier alpha value is -1.76. The molecule has 1 aliphatic rings. The van der Waals surface area contributed by atoms with Gasteiger partial charge < -0.3 is 5.32 Å². The molecule has 2 aromatic heterocycles. The van der Waals surface area contributed by atoms with Crippen molar-refractivity contribution in [1.29, 1.82) is 0 Å². The van der Waals surface area contributed by atoms with Crippen molar-refractivity contribution in [1.82, 2.24) is 25.5 Å². The van der Waals surface area contributed by atoms with E-state index in [2.05, 4.69) is 41.4 Å². The summed E-state index contributed by atoms with van der Waals surface area (Å²) in [7, 11) is 0. The van der Waals surface area contributed by atoms with Crippen molar-refractivity contribution >= 4 is 21.8 Å². The first-order valence-corrected chi connectivity index (χ1v) is 6.84. The number of rotatable bonds is 3. The fraction of sp³-hybridized carbons (Fsp3) is 0.333. The Kier molecular flexibility index (Phi) is 3.29. The monoisotopic (exact) mass is 321 g/mol. The van der Waals surface area contributed by atoms with E-state index in [1.165, 1.54) is 0 Å². The van der Waals surface area contributed by atoms with Crippen molar-refractivity contribution < 1.29 is 4.79 Å². The molecule has 0 saturated heterocycles. The van der Waals surface area contributed by atoms with Crippen LogP contribution in [0.2, 0.25) is 0 Å². The number of hydrogen-bond donors (Lipinski definition) is 2. The fourth-order valence-corrected chi connectivity index (χ4v) is 2.39. The molecule has 7 heteroatoms. The molecular formula is C12H12BrN5O. The Morgan fingerprint density at radius 2 is 2.16 bits per heavy atom. The molecule has 2 N–H and O–H groups in total. The van der Waals surface area contributed by atoms with Crippen molar-refractivity contribution in [2.45, 2.75) is 25.8 Å². The normalized spacial score (nSPS) is 13.3. The van der Waals surface area contributed by atoms with Gasteiger partial charge >= 0.3 is 0 Å². The zero-order valence-corrected chi connectivity index (χ0v) is 11.7. The molecule has 0 aromatic carbocycles. The van der Waals surface area contributed by atoms with Gasteiger partial charge in [-0.15, -0.1) is 0 Å². The van der Waals surface area contributed by atoms with Crippen LogP contribution in [0.3, 0.4) is 0 Å². The van der Waals surface area contributed by atoms with Gasteiger partial charge in [0.05, 0.1) is 11.0 Å². The number of nitrogens with zero attached hydrogens (tertiary/aromatic N) is 3. The Labute approximate surface area is 118 Å². The molecule has 0 spiro atoms. The van der Waals surface area contributed by atoms with E-state index in [9.17, 15) is 4.79 Å². The van der Waals surface area contributed by atoms with Crippen molar-refractivity contribution in [2.24, 2.45) is 0 Å². The number of halogens is 1. The van der Waals surface area contributed by atoms with Crippen LogP contribution in [0.4, 0.5) is 0 Å². The van der Waals surface area contributed by atoms with Gasteiger partial charge in [-0.05, 0) is 35.2 Å². The zero-order valence-electron chi connectivity index (χ0n) is 10.1. The molecule has 3 rings (SSSR count). The predicted octanol–water partition coefficient (Wildman–Crippen LogP) is 1.38. The number of nitrogens with one attached hydrogen (secondary N) is 2. The van der Waals surface area contributed by atoms with E-state index in [1.54, 1.807) is 12.4 Å². The highest BCUT2D eigenvalue weighted by atomic mass is 79.9. The van der Waals surface area contributed by atoms with Gasteiger partial charge in [0.2, 0.25) is 0 Å². The van der Waals surface area contributed by atoms with Crippen LogP contribution in [0.25, 0.3) is 0 Å². The van der Waals surface area contributed by atoms with E-state index in [-0.39, 0.29) is 5.91 Å². The number of aromatic nitrogens is 4. The second-order valence-electron chi connectivity index (χ2n) is 4.38. The molecule has 0 atom stereocenters. The molecule has 0 unspecified atom stereocenters. The average molecular weight is 322 g/mol. The molecule has 0 radical (unpaired) electrons. The Morgan fingerprint density at radius 1 is 1.37 bits per heavy atom. The lowest BCUT2D eigenvalue weighted by atomic mass is 10.2. The number of hydrogen-bond acceptors (Lipinski definition) is 4. The van der Waals surface area contributed by atoms with Crippen LogP contribution >= 0.6 is 15.9 Å². The minimum absolute atomic E-state index is 0.175. The lowest BCUT2D eigenvalue weighted by Crippen LogP contribution is -2.25. The van der Waals surface area contributed by atoms with Crippen LogP contribution in [0.15, 0.2) is 16.9 Å². The third-order valence-corrected chi connectivity index (χ3v) is 3.51. The molecule has 1 amide bonds. The maximum Gasteiger partial charge on any atom is 0.272 e. The standard InChI is InChI=1S/C12H12BrN5O/c13-7-4-14-10(15-5-7)6-16-12(19)11-8-2-1-3-9(8)17-18-11/h4-5H,1-3,6H2,(H,16,19)(H,17,18). The molecule has 1 aliphatic carbocycles. The topological polar surface area (TPSA) is 83.6 Å². The summed E-state index contributed by atoms with van der Waals surface area (Å²) in [6.07, 6.45) is 6.29. The van der Waals surface area contributed by atoms with E-state index in [0.29, 0.717) is 18.1 Å². The lowest BCUT2D eigenvalue weighted by Gasteiger charge is -2.03. The Morgan fingerprint density at radius 3 is 2.95 bits per heavy atom. The number of H-pyrrole nitrogens is 1. The number of amides is 1. The molecule has 6 nitrogen and oxygen atoms in total. The average Bonchev–Trinajstić information content (AvgIpc) is 3.00. The molecule has 0 saturated carbocycles. The molecule has 19 heavy (non-hydrogen) atoms. The molecular weight excluding hydrogens is 310 g/mol. The molecule has 2 heterocycles. The molecule has 0 bridgehead atoms. The SMILES string of the molecule is O=C(NCc1ncc(Br)cn1)c1n[nH]c2c1CCC2. The van der Waals surface area contributed by atoms with Crippen molar-refractivity contribution in [3.05, 3.63) is 39.6 Å². The molecule has 98 valence electrons. The summed E-state index contributed by atoms with van der Waals surface area (Å²) in [4.78, 5) is 20.3. The van der Waals surface area contributed by atoms with Gasteiger partial charge in [-0.1, -0.05) is 0 Å². The van der Waals surface area contributed by atoms with Gasteiger partial charge in [-0.3, -0.25) is 9.89 Å². The summed E-state index contributed by atoms with van der Waals surface area (Å²) < 4.78 is 0.813. The first-order chi connectivity index (χ1) is 9.24. The zero-order chi connectivity index (χ0) is 13.2. The lowest BCUT2D eigenvalue weighted by molar-refractivity contribution is 0.0944. The van der Waals surface area contributed by atoms with Crippen LogP contribution in [-0.4, -0.2) is 26.1 Å². The largest absolute Gasteiger partial charge is 0.343 e. The highest BCUT2D eigenvalue weighted by Crippen LogP contribution is 2.22. The number of carbonyl (C=O) groups is 1. The maximum absolute atomic E-state index is 12.0. The highest BCUT2D eigenvalue weighted by molar-refractivity contribution is 9.10.